The molecule has 8 heteroatoms. The van der Waals surface area contributed by atoms with Gasteiger partial charge in [0, 0.05) is 18.5 Å². The van der Waals surface area contributed by atoms with Gasteiger partial charge in [-0.2, -0.15) is 13.2 Å². The largest absolute Gasteiger partial charge is 0.416 e. The van der Waals surface area contributed by atoms with E-state index < -0.39 is 17.6 Å². The quantitative estimate of drug-likeness (QED) is 0.831. The second-order valence-corrected chi connectivity index (χ2v) is 5.52. The molecule has 25 heavy (non-hydrogen) atoms. The first kappa shape index (κ1) is 18.8. The smallest absolute Gasteiger partial charge is 0.352 e. The monoisotopic (exact) mass is 370 g/mol. The van der Waals surface area contributed by atoms with Crippen LogP contribution in [0.4, 0.5) is 18.9 Å². The van der Waals surface area contributed by atoms with Crippen molar-refractivity contribution in [3.63, 3.8) is 0 Å². The van der Waals surface area contributed by atoms with Gasteiger partial charge in [-0.3, -0.25) is 9.59 Å². The summed E-state index contributed by atoms with van der Waals surface area (Å²) in [4.78, 5) is 23.6. The fourth-order valence-electron chi connectivity index (χ4n) is 1.99. The molecule has 132 valence electrons. The summed E-state index contributed by atoms with van der Waals surface area (Å²) in [5.74, 6) is -0.903. The maximum Gasteiger partial charge on any atom is 0.416 e. The molecule has 4 nitrogen and oxygen atoms in total. The number of hydrogen-bond donors (Lipinski definition) is 2. The van der Waals surface area contributed by atoms with Gasteiger partial charge in [-0.25, -0.2) is 0 Å². The number of amides is 2. The highest BCUT2D eigenvalue weighted by atomic mass is 35.5. The molecule has 2 aromatic carbocycles. The van der Waals surface area contributed by atoms with E-state index in [0.717, 1.165) is 18.2 Å². The Kier molecular flexibility index (Phi) is 6.03. The van der Waals surface area contributed by atoms with Gasteiger partial charge < -0.3 is 10.6 Å². The van der Waals surface area contributed by atoms with Gasteiger partial charge in [-0.1, -0.05) is 29.8 Å². The van der Waals surface area contributed by atoms with Crippen LogP contribution in [-0.4, -0.2) is 18.4 Å². The lowest BCUT2D eigenvalue weighted by molar-refractivity contribution is -0.137. The summed E-state index contributed by atoms with van der Waals surface area (Å²) >= 11 is 5.80. The number of carbonyl (C=O) groups is 2. The third-order valence-electron chi connectivity index (χ3n) is 3.24. The summed E-state index contributed by atoms with van der Waals surface area (Å²) in [6.45, 7) is 0.0378. The van der Waals surface area contributed by atoms with Crippen LogP contribution >= 0.6 is 11.6 Å². The molecule has 0 heterocycles. The first-order valence-electron chi connectivity index (χ1n) is 7.27. The van der Waals surface area contributed by atoms with Crippen molar-refractivity contribution in [1.29, 1.82) is 0 Å². The van der Waals surface area contributed by atoms with Crippen LogP contribution in [0.15, 0.2) is 48.5 Å². The second kappa shape index (κ2) is 8.02. The first-order valence-corrected chi connectivity index (χ1v) is 7.65. The van der Waals surface area contributed by atoms with Crippen LogP contribution < -0.4 is 10.6 Å². The Hall–Kier alpha value is -2.54. The summed E-state index contributed by atoms with van der Waals surface area (Å²) in [5.41, 5.74) is -0.593. The van der Waals surface area contributed by atoms with Crippen LogP contribution in [0.3, 0.4) is 0 Å². The van der Waals surface area contributed by atoms with Crippen LogP contribution in [0.25, 0.3) is 0 Å². The predicted molar refractivity (Wildman–Crippen MR) is 88.5 cm³/mol. The third-order valence-corrected chi connectivity index (χ3v) is 3.57. The SMILES string of the molecule is O=C(CCNC(=O)c1ccccc1)Nc1cc(C(F)(F)F)ccc1Cl. The molecule has 0 fully saturated rings. The van der Waals surface area contributed by atoms with E-state index >= 15 is 0 Å². The number of carbonyl (C=O) groups excluding carboxylic acids is 2. The minimum absolute atomic E-state index is 0.00493. The van der Waals surface area contributed by atoms with Crippen LogP contribution in [0, 0.1) is 0 Å². The molecule has 0 saturated heterocycles. The summed E-state index contributed by atoms with van der Waals surface area (Å²) in [6.07, 6.45) is -4.64. The summed E-state index contributed by atoms with van der Waals surface area (Å²) in [5, 5.41) is 4.86. The maximum absolute atomic E-state index is 12.7. The summed E-state index contributed by atoms with van der Waals surface area (Å²) in [7, 11) is 0. The highest BCUT2D eigenvalue weighted by molar-refractivity contribution is 6.33. The van der Waals surface area contributed by atoms with Gasteiger partial charge in [0.05, 0.1) is 16.3 Å². The lowest BCUT2D eigenvalue weighted by Gasteiger charge is -2.12. The van der Waals surface area contributed by atoms with Crippen LogP contribution in [0.5, 0.6) is 0 Å². The van der Waals surface area contributed by atoms with Crippen molar-refractivity contribution in [3.8, 4) is 0 Å². The van der Waals surface area contributed by atoms with Crippen molar-refractivity contribution >= 4 is 29.1 Å². The van der Waals surface area contributed by atoms with E-state index in [-0.39, 0.29) is 29.6 Å². The summed E-state index contributed by atoms with van der Waals surface area (Å²) < 4.78 is 38.1. The van der Waals surface area contributed by atoms with Crippen molar-refractivity contribution in [2.75, 3.05) is 11.9 Å². The molecule has 0 spiro atoms. The highest BCUT2D eigenvalue weighted by Gasteiger charge is 2.31. The molecule has 0 unspecified atom stereocenters. The lowest BCUT2D eigenvalue weighted by atomic mass is 10.2. The van der Waals surface area contributed by atoms with Crippen molar-refractivity contribution < 1.29 is 22.8 Å². The molecule has 2 aromatic rings. The number of halogens is 4. The van der Waals surface area contributed by atoms with Crippen LogP contribution in [0.1, 0.15) is 22.3 Å². The molecule has 2 N–H and O–H groups in total. The van der Waals surface area contributed by atoms with Crippen molar-refractivity contribution in [1.82, 2.24) is 5.32 Å². The maximum atomic E-state index is 12.7. The Labute approximate surface area is 147 Å². The molecule has 0 atom stereocenters. The van der Waals surface area contributed by atoms with E-state index in [1.165, 1.54) is 0 Å². The molecule has 0 aliphatic rings. The van der Waals surface area contributed by atoms with Gasteiger partial charge in [-0.05, 0) is 30.3 Å². The minimum atomic E-state index is -4.53. The van der Waals surface area contributed by atoms with Crippen molar-refractivity contribution in [3.05, 3.63) is 64.7 Å². The average molecular weight is 371 g/mol. The van der Waals surface area contributed by atoms with Gasteiger partial charge in [0.2, 0.25) is 5.91 Å². The molecule has 2 amide bonds. The Bertz CT molecular complexity index is 764. The van der Waals surface area contributed by atoms with Gasteiger partial charge in [0.1, 0.15) is 0 Å². The molecule has 0 bridgehead atoms. The zero-order valence-corrected chi connectivity index (χ0v) is 13.6. The normalized spacial score (nSPS) is 11.0. The lowest BCUT2D eigenvalue weighted by Crippen LogP contribution is -2.27. The number of nitrogens with one attached hydrogen (secondary N) is 2. The number of rotatable bonds is 5. The average Bonchev–Trinajstić information content (AvgIpc) is 2.56. The number of alkyl halides is 3. The number of hydrogen-bond acceptors (Lipinski definition) is 2. The summed E-state index contributed by atoms with van der Waals surface area (Å²) in [6, 6.07) is 11.1. The van der Waals surface area contributed by atoms with Crippen LogP contribution in [-0.2, 0) is 11.0 Å². The molecule has 0 saturated carbocycles. The van der Waals surface area contributed by atoms with Crippen molar-refractivity contribution in [2.24, 2.45) is 0 Å². The van der Waals surface area contributed by atoms with E-state index in [9.17, 15) is 22.8 Å². The van der Waals surface area contributed by atoms with E-state index in [1.807, 2.05) is 0 Å². The van der Waals surface area contributed by atoms with E-state index in [0.29, 0.717) is 5.56 Å². The first-order chi connectivity index (χ1) is 11.8. The number of benzene rings is 2. The Morgan fingerprint density at radius 1 is 1.04 bits per heavy atom. The van der Waals surface area contributed by atoms with Crippen LogP contribution in [0.2, 0.25) is 5.02 Å². The third kappa shape index (κ3) is 5.49. The second-order valence-electron chi connectivity index (χ2n) is 5.11. The Morgan fingerprint density at radius 3 is 2.36 bits per heavy atom. The van der Waals surface area contributed by atoms with E-state index in [2.05, 4.69) is 10.6 Å². The van der Waals surface area contributed by atoms with Crippen molar-refractivity contribution in [2.45, 2.75) is 12.6 Å². The Balaban J connectivity index is 1.89. The standard InChI is InChI=1S/C17H14ClF3N2O2/c18-13-7-6-12(17(19,20)21)10-14(13)23-15(24)8-9-22-16(25)11-4-2-1-3-5-11/h1-7,10H,8-9H2,(H,22,25)(H,23,24). The fraction of sp³-hybridized carbons (Fsp3) is 0.176. The number of anilines is 1. The Morgan fingerprint density at radius 2 is 1.72 bits per heavy atom. The highest BCUT2D eigenvalue weighted by Crippen LogP contribution is 2.33. The van der Waals surface area contributed by atoms with E-state index in [1.54, 1.807) is 30.3 Å². The zero-order chi connectivity index (χ0) is 18.4. The minimum Gasteiger partial charge on any atom is -0.352 e. The topological polar surface area (TPSA) is 58.2 Å². The molecule has 0 aliphatic heterocycles. The molecule has 0 aliphatic carbocycles. The molecule has 0 aromatic heterocycles. The molecular formula is C17H14ClF3N2O2. The van der Waals surface area contributed by atoms with Gasteiger partial charge >= 0.3 is 6.18 Å². The van der Waals surface area contributed by atoms with Gasteiger partial charge in [0.15, 0.2) is 0 Å². The zero-order valence-electron chi connectivity index (χ0n) is 12.9. The van der Waals surface area contributed by atoms with Gasteiger partial charge in [0.25, 0.3) is 5.91 Å². The fourth-order valence-corrected chi connectivity index (χ4v) is 2.16. The molecular weight excluding hydrogens is 357 g/mol. The predicted octanol–water partition coefficient (Wildman–Crippen LogP) is 4.12. The molecule has 0 radical (unpaired) electrons. The molecule has 2 rings (SSSR count). The van der Waals surface area contributed by atoms with Gasteiger partial charge in [-0.15, -0.1) is 0 Å². The van der Waals surface area contributed by atoms with E-state index in [4.69, 9.17) is 11.6 Å².